The van der Waals surface area contributed by atoms with Crippen molar-refractivity contribution in [1.29, 1.82) is 0 Å². The quantitative estimate of drug-likeness (QED) is 0.193. The molecule has 9 aliphatic heterocycles. The van der Waals surface area contributed by atoms with Gasteiger partial charge in [0.15, 0.2) is 23.1 Å². The Morgan fingerprint density at radius 1 is 0.867 bits per heavy atom. The summed E-state index contributed by atoms with van der Waals surface area (Å²) in [5, 5.41) is 37.3. The lowest BCUT2D eigenvalue weighted by Gasteiger charge is -2.53. The number of hydrogen-bond donors (Lipinski definition) is 4. The fourth-order valence-electron chi connectivity index (χ4n) is 12.9. The summed E-state index contributed by atoms with van der Waals surface area (Å²) >= 11 is 0. The molecule has 0 saturated carbocycles. The Morgan fingerprint density at radius 2 is 1.67 bits per heavy atom. The van der Waals surface area contributed by atoms with Gasteiger partial charge in [0.05, 0.1) is 42.7 Å². The van der Waals surface area contributed by atoms with Crippen LogP contribution in [0.1, 0.15) is 125 Å². The van der Waals surface area contributed by atoms with Gasteiger partial charge in [0, 0.05) is 69.7 Å². The third kappa shape index (κ3) is 7.81. The number of ether oxygens (including phenoxy) is 8. The maximum atomic E-state index is 12.4. The van der Waals surface area contributed by atoms with Crippen molar-refractivity contribution in [2.75, 3.05) is 6.54 Å². The number of allylic oxidation sites excluding steroid dienone is 1. The van der Waals surface area contributed by atoms with Crippen LogP contribution in [-0.2, 0) is 42.7 Å². The largest absolute Gasteiger partial charge is 0.481 e. The number of rotatable bonds is 9. The number of aliphatic hydroxyl groups is 2. The average Bonchev–Trinajstić information content (AvgIpc) is 3.87. The zero-order valence-electron chi connectivity index (χ0n) is 36.6. The number of carbonyl (C=O) groups is 1. The van der Waals surface area contributed by atoms with E-state index >= 15 is 0 Å². The molecule has 4 N–H and O–H groups in total. The second kappa shape index (κ2) is 16.0. The van der Waals surface area contributed by atoms with Gasteiger partial charge < -0.3 is 53.2 Å². The Morgan fingerprint density at radius 3 is 2.45 bits per heavy atom. The smallest absolute Gasteiger partial charge is 0.303 e. The topological polar surface area (TPSA) is 164 Å². The number of aliphatic carboxylic acids is 1. The van der Waals surface area contributed by atoms with Crippen LogP contribution in [0, 0.1) is 35.5 Å². The number of piperidine rings is 1. The highest BCUT2D eigenvalue weighted by atomic mass is 16.8. The van der Waals surface area contributed by atoms with Crippen LogP contribution < -0.4 is 5.32 Å². The Labute approximate surface area is 355 Å². The maximum absolute atomic E-state index is 12.4. The summed E-state index contributed by atoms with van der Waals surface area (Å²) in [6.45, 7) is 18.5. The molecule has 0 aromatic heterocycles. The van der Waals surface area contributed by atoms with Crippen LogP contribution in [0.25, 0.3) is 0 Å². The third-order valence-corrected chi connectivity index (χ3v) is 15.9. The summed E-state index contributed by atoms with van der Waals surface area (Å²) in [4.78, 5) is 11.0. The Hall–Kier alpha value is -1.75. The van der Waals surface area contributed by atoms with Gasteiger partial charge in [-0.1, -0.05) is 72.4 Å². The van der Waals surface area contributed by atoms with E-state index in [1.54, 1.807) is 0 Å². The SMILES string of the molecule is C=C(C[C@@]12C[C@@H](C)C[C@H](O1)[C@H]1O[C@]3(C[C@H]1O2)NC[C@H](C)C[C@@H]3C)[C@H]1O[C@@](O)([C@H](O)[C@@H]2C[C@H]3O[C@@]4(CC[C@]5(CC=C[C@@H](/C=C/CCC(=O)O)O5)O4)[C@H](C)C[C@H]3O2)[C@H](C)C[C@@H]1C. The van der Waals surface area contributed by atoms with Gasteiger partial charge in [-0.2, -0.15) is 0 Å². The summed E-state index contributed by atoms with van der Waals surface area (Å²) in [6, 6.07) is 0. The molecule has 336 valence electrons. The van der Waals surface area contributed by atoms with Crippen molar-refractivity contribution in [3.8, 4) is 0 Å². The molecule has 3 spiro atoms. The van der Waals surface area contributed by atoms with Crippen LogP contribution in [0.2, 0.25) is 0 Å². The summed E-state index contributed by atoms with van der Waals surface area (Å²) in [5.41, 5.74) is 0.391. The van der Waals surface area contributed by atoms with Gasteiger partial charge >= 0.3 is 5.97 Å². The number of nitrogens with one attached hydrogen (secondary N) is 1. The third-order valence-electron chi connectivity index (χ3n) is 15.9. The predicted molar refractivity (Wildman–Crippen MR) is 219 cm³/mol. The van der Waals surface area contributed by atoms with Crippen LogP contribution in [0.3, 0.4) is 0 Å². The van der Waals surface area contributed by atoms with Crippen molar-refractivity contribution in [2.45, 2.75) is 209 Å². The first-order chi connectivity index (χ1) is 28.4. The van der Waals surface area contributed by atoms with E-state index in [4.69, 9.17) is 43.0 Å². The van der Waals surface area contributed by atoms with Crippen LogP contribution in [0.5, 0.6) is 0 Å². The molecule has 20 atom stereocenters. The molecule has 0 radical (unpaired) electrons. The van der Waals surface area contributed by atoms with Crippen LogP contribution in [0.15, 0.2) is 36.5 Å². The number of hydrogen-bond acceptors (Lipinski definition) is 12. The van der Waals surface area contributed by atoms with E-state index in [9.17, 15) is 15.0 Å². The molecule has 0 aliphatic carbocycles. The van der Waals surface area contributed by atoms with E-state index in [0.29, 0.717) is 69.1 Å². The highest BCUT2D eigenvalue weighted by Gasteiger charge is 2.64. The minimum Gasteiger partial charge on any atom is -0.481 e. The minimum absolute atomic E-state index is 0.0112. The molecule has 60 heavy (non-hydrogen) atoms. The van der Waals surface area contributed by atoms with Gasteiger partial charge in [0.2, 0.25) is 0 Å². The zero-order chi connectivity index (χ0) is 42.4. The van der Waals surface area contributed by atoms with Crippen LogP contribution >= 0.6 is 0 Å². The molecule has 9 rings (SSSR count). The second-order valence-electron chi connectivity index (χ2n) is 20.9. The molecule has 13 nitrogen and oxygen atoms in total. The lowest BCUT2D eigenvalue weighted by Crippen LogP contribution is -2.62. The van der Waals surface area contributed by atoms with Gasteiger partial charge in [-0.3, -0.25) is 10.1 Å². The average molecular weight is 842 g/mol. The fraction of sp³-hybridized carbons (Fsp3) is 0.851. The lowest BCUT2D eigenvalue weighted by molar-refractivity contribution is -0.367. The van der Waals surface area contributed by atoms with Gasteiger partial charge in [-0.15, -0.1) is 0 Å². The lowest BCUT2D eigenvalue weighted by atomic mass is 9.76. The number of fused-ring (bicyclic) bond motifs is 5. The van der Waals surface area contributed by atoms with Gasteiger partial charge in [0.1, 0.15) is 17.9 Å². The highest BCUT2D eigenvalue weighted by Crippen LogP contribution is 2.56. The Balaban J connectivity index is 0.845. The van der Waals surface area contributed by atoms with Crippen LogP contribution in [0.4, 0.5) is 0 Å². The molecular weight excluding hydrogens is 771 g/mol. The summed E-state index contributed by atoms with van der Waals surface area (Å²) in [7, 11) is 0. The van der Waals surface area contributed by atoms with Crippen LogP contribution in [-0.4, -0.2) is 112 Å². The molecule has 8 saturated heterocycles. The number of carboxylic acids is 1. The van der Waals surface area contributed by atoms with Crippen molar-refractivity contribution >= 4 is 5.97 Å². The maximum Gasteiger partial charge on any atom is 0.303 e. The number of carboxylic acid groups (broad SMARTS) is 1. The number of aliphatic hydroxyl groups excluding tert-OH is 1. The molecule has 0 aromatic rings. The van der Waals surface area contributed by atoms with E-state index in [-0.39, 0.29) is 60.8 Å². The fourth-order valence-corrected chi connectivity index (χ4v) is 12.9. The van der Waals surface area contributed by atoms with Crippen molar-refractivity contribution in [3.05, 3.63) is 36.5 Å². The van der Waals surface area contributed by atoms with Crippen molar-refractivity contribution in [1.82, 2.24) is 5.32 Å². The molecule has 0 aromatic carbocycles. The van der Waals surface area contributed by atoms with E-state index in [2.05, 4.69) is 52.6 Å². The summed E-state index contributed by atoms with van der Waals surface area (Å²) in [5.74, 6) is -4.29. The Kier molecular flexibility index (Phi) is 11.6. The normalized spacial score (nSPS) is 52.9. The van der Waals surface area contributed by atoms with Gasteiger partial charge in [-0.05, 0) is 61.3 Å². The minimum atomic E-state index is -1.88. The molecule has 13 heteroatoms. The van der Waals surface area contributed by atoms with E-state index in [1.807, 2.05) is 25.2 Å². The first-order valence-corrected chi connectivity index (χ1v) is 23.2. The predicted octanol–water partition coefficient (Wildman–Crippen LogP) is 6.26. The molecule has 2 bridgehead atoms. The summed E-state index contributed by atoms with van der Waals surface area (Å²) < 4.78 is 54.2. The zero-order valence-corrected chi connectivity index (χ0v) is 36.6. The van der Waals surface area contributed by atoms with E-state index in [0.717, 1.165) is 37.8 Å². The van der Waals surface area contributed by atoms with E-state index in [1.165, 1.54) is 0 Å². The standard InChI is InChI=1S/C47H71NO12/c1-26-18-36-41-38(24-45(58-41)30(5)17-27(2)25-48-45)56-44(22-26,55-36)23-29(4)40-28(3)19-32(7)47(52,59-40)42(51)37-21-35-34(53-37)20-31(6)46(57-35)16-15-43(60-46)14-10-12-33(54-43)11-8-9-13-39(49)50/h8,10-12,26-28,30-38,40-42,48,51-52H,4,9,13-25H2,1-3,5-7H3,(H,49,50)/b11-8+/t26-,27+,28-,30-,31+,32+,33+,34+,35+,36-,37-,38+,40-,41+,42+,43-,44-,45-,46+,47+/m0/s1. The van der Waals surface area contributed by atoms with E-state index < -0.39 is 53.2 Å². The highest BCUT2D eigenvalue weighted by molar-refractivity contribution is 5.66. The molecule has 9 aliphatic rings. The molecule has 0 amide bonds. The first kappa shape index (κ1) is 43.5. The molecule has 9 heterocycles. The summed E-state index contributed by atoms with van der Waals surface area (Å²) in [6.07, 6.45) is 12.1. The molecule has 0 unspecified atom stereocenters. The van der Waals surface area contributed by atoms with Gasteiger partial charge in [0.25, 0.3) is 0 Å². The molecule has 8 fully saturated rings. The van der Waals surface area contributed by atoms with Crippen molar-refractivity contribution in [2.24, 2.45) is 35.5 Å². The van der Waals surface area contributed by atoms with Crippen molar-refractivity contribution < 1.29 is 58.0 Å². The second-order valence-corrected chi connectivity index (χ2v) is 20.9. The Bertz CT molecular complexity index is 1690. The van der Waals surface area contributed by atoms with Crippen molar-refractivity contribution in [3.63, 3.8) is 0 Å². The monoisotopic (exact) mass is 841 g/mol. The van der Waals surface area contributed by atoms with Gasteiger partial charge in [-0.25, -0.2) is 0 Å². The molecular formula is C47H71NO12. The first-order valence-electron chi connectivity index (χ1n) is 23.2.